The van der Waals surface area contributed by atoms with Crippen LogP contribution in [0.3, 0.4) is 0 Å². The summed E-state index contributed by atoms with van der Waals surface area (Å²) < 4.78 is 5.47. The van der Waals surface area contributed by atoms with Gasteiger partial charge in [-0.05, 0) is 57.1 Å². The van der Waals surface area contributed by atoms with E-state index in [1.807, 2.05) is 6.92 Å². The highest BCUT2D eigenvalue weighted by atomic mass is 16.5. The highest BCUT2D eigenvalue weighted by Gasteiger charge is 2.09. The molecule has 0 heterocycles. The molecule has 1 atom stereocenters. The molecule has 0 spiro atoms. The molecule has 25 heavy (non-hydrogen) atoms. The van der Waals surface area contributed by atoms with Crippen molar-refractivity contribution in [3.8, 4) is 5.75 Å². The Hall–Kier alpha value is -2.08. The first-order valence-corrected chi connectivity index (χ1v) is 8.96. The van der Waals surface area contributed by atoms with E-state index >= 15 is 0 Å². The first-order chi connectivity index (χ1) is 11.9. The number of primary amides is 1. The first kappa shape index (κ1) is 21.0. The van der Waals surface area contributed by atoms with Crippen LogP contribution in [0.5, 0.6) is 5.75 Å². The second-order valence-corrected chi connectivity index (χ2v) is 6.21. The Bertz CT molecular complexity index is 527. The van der Waals surface area contributed by atoms with Crippen molar-refractivity contribution >= 4 is 11.8 Å². The second kappa shape index (κ2) is 11.5. The highest BCUT2D eigenvalue weighted by molar-refractivity contribution is 5.78. The van der Waals surface area contributed by atoms with Gasteiger partial charge in [-0.1, -0.05) is 26.0 Å². The quantitative estimate of drug-likeness (QED) is 0.602. The molecule has 0 aromatic heterocycles. The lowest BCUT2D eigenvalue weighted by Crippen LogP contribution is -2.36. The van der Waals surface area contributed by atoms with E-state index in [9.17, 15) is 9.59 Å². The van der Waals surface area contributed by atoms with Crippen molar-refractivity contribution in [2.45, 2.75) is 46.1 Å². The van der Waals surface area contributed by atoms with E-state index in [-0.39, 0.29) is 30.9 Å². The summed E-state index contributed by atoms with van der Waals surface area (Å²) in [4.78, 5) is 25.2. The highest BCUT2D eigenvalue weighted by Crippen LogP contribution is 2.12. The lowest BCUT2D eigenvalue weighted by atomic mass is 10.1. The van der Waals surface area contributed by atoms with E-state index in [0.717, 1.165) is 38.0 Å². The smallest absolute Gasteiger partial charge is 0.258 e. The van der Waals surface area contributed by atoms with E-state index in [1.165, 1.54) is 0 Å². The zero-order chi connectivity index (χ0) is 18.7. The number of benzene rings is 1. The summed E-state index contributed by atoms with van der Waals surface area (Å²) in [5.74, 6) is 0.0946. The molecule has 1 aromatic carbocycles. The number of nitrogens with one attached hydrogen (secondary N) is 1. The van der Waals surface area contributed by atoms with Crippen LogP contribution >= 0.6 is 0 Å². The molecular weight excluding hydrogens is 318 g/mol. The molecule has 140 valence electrons. The Labute approximate surface area is 150 Å². The molecule has 0 saturated carbocycles. The van der Waals surface area contributed by atoms with Gasteiger partial charge >= 0.3 is 0 Å². The van der Waals surface area contributed by atoms with Crippen molar-refractivity contribution in [1.82, 2.24) is 10.2 Å². The third kappa shape index (κ3) is 9.10. The fraction of sp³-hybridized carbons (Fsp3) is 0.579. The van der Waals surface area contributed by atoms with Gasteiger partial charge in [-0.3, -0.25) is 9.59 Å². The SMILES string of the molecule is CCN(CC)CCC[C@@H](C)NC(=O)COc1ccc(CC(N)=O)cc1. The third-order valence-electron chi connectivity index (χ3n) is 4.08. The Balaban J connectivity index is 2.26. The minimum Gasteiger partial charge on any atom is -0.484 e. The number of ether oxygens (including phenoxy) is 1. The summed E-state index contributed by atoms with van der Waals surface area (Å²) in [7, 11) is 0. The number of rotatable bonds is 12. The molecule has 2 amide bonds. The molecule has 0 saturated heterocycles. The predicted octanol–water partition coefficient (Wildman–Crippen LogP) is 1.72. The van der Waals surface area contributed by atoms with Crippen LogP contribution in [-0.2, 0) is 16.0 Å². The first-order valence-electron chi connectivity index (χ1n) is 8.96. The number of carbonyl (C=O) groups excluding carboxylic acids is 2. The largest absolute Gasteiger partial charge is 0.484 e. The van der Waals surface area contributed by atoms with Crippen molar-refractivity contribution in [3.63, 3.8) is 0 Å². The zero-order valence-corrected chi connectivity index (χ0v) is 15.6. The van der Waals surface area contributed by atoms with Crippen LogP contribution < -0.4 is 15.8 Å². The Morgan fingerprint density at radius 2 is 1.84 bits per heavy atom. The van der Waals surface area contributed by atoms with Gasteiger partial charge in [-0.25, -0.2) is 0 Å². The van der Waals surface area contributed by atoms with Gasteiger partial charge in [0.15, 0.2) is 6.61 Å². The minimum absolute atomic E-state index is 0.0183. The van der Waals surface area contributed by atoms with Crippen molar-refractivity contribution in [2.24, 2.45) is 5.73 Å². The van der Waals surface area contributed by atoms with Gasteiger partial charge < -0.3 is 20.7 Å². The van der Waals surface area contributed by atoms with E-state index in [4.69, 9.17) is 10.5 Å². The molecule has 3 N–H and O–H groups in total. The van der Waals surface area contributed by atoms with Gasteiger partial charge in [-0.2, -0.15) is 0 Å². The normalized spacial score (nSPS) is 12.0. The third-order valence-corrected chi connectivity index (χ3v) is 4.08. The zero-order valence-electron chi connectivity index (χ0n) is 15.6. The maximum absolute atomic E-state index is 11.9. The number of nitrogens with zero attached hydrogens (tertiary/aromatic N) is 1. The molecule has 0 aliphatic heterocycles. The second-order valence-electron chi connectivity index (χ2n) is 6.21. The van der Waals surface area contributed by atoms with Gasteiger partial charge in [-0.15, -0.1) is 0 Å². The van der Waals surface area contributed by atoms with Crippen molar-refractivity contribution < 1.29 is 14.3 Å². The van der Waals surface area contributed by atoms with Crippen LogP contribution in [0.1, 0.15) is 39.2 Å². The molecule has 1 aromatic rings. The Morgan fingerprint density at radius 1 is 1.20 bits per heavy atom. The van der Waals surface area contributed by atoms with E-state index < -0.39 is 0 Å². The Kier molecular flexibility index (Phi) is 9.62. The molecule has 0 bridgehead atoms. The predicted molar refractivity (Wildman–Crippen MR) is 99.5 cm³/mol. The number of amides is 2. The number of hydrogen-bond donors (Lipinski definition) is 2. The van der Waals surface area contributed by atoms with Gasteiger partial charge in [0.05, 0.1) is 6.42 Å². The van der Waals surface area contributed by atoms with E-state index in [2.05, 4.69) is 24.1 Å². The van der Waals surface area contributed by atoms with Crippen LogP contribution in [0.25, 0.3) is 0 Å². The van der Waals surface area contributed by atoms with Crippen molar-refractivity contribution in [1.29, 1.82) is 0 Å². The molecular formula is C19H31N3O3. The van der Waals surface area contributed by atoms with Crippen molar-refractivity contribution in [3.05, 3.63) is 29.8 Å². The number of hydrogen-bond acceptors (Lipinski definition) is 4. The summed E-state index contributed by atoms with van der Waals surface area (Å²) in [5, 5.41) is 2.95. The van der Waals surface area contributed by atoms with Crippen LogP contribution in [0, 0.1) is 0 Å². The lowest BCUT2D eigenvalue weighted by Gasteiger charge is -2.19. The van der Waals surface area contributed by atoms with Gasteiger partial charge in [0.2, 0.25) is 5.91 Å². The average Bonchev–Trinajstić information content (AvgIpc) is 2.57. The minimum atomic E-state index is -0.372. The Morgan fingerprint density at radius 3 is 2.40 bits per heavy atom. The number of nitrogens with two attached hydrogens (primary N) is 1. The van der Waals surface area contributed by atoms with E-state index in [0.29, 0.717) is 5.75 Å². The summed E-state index contributed by atoms with van der Waals surface area (Å²) in [6, 6.07) is 7.14. The monoisotopic (exact) mass is 349 g/mol. The molecule has 0 radical (unpaired) electrons. The maximum atomic E-state index is 11.9. The fourth-order valence-corrected chi connectivity index (χ4v) is 2.60. The topological polar surface area (TPSA) is 84.7 Å². The summed E-state index contributed by atoms with van der Waals surface area (Å²) in [6.45, 7) is 9.49. The summed E-state index contributed by atoms with van der Waals surface area (Å²) >= 11 is 0. The molecule has 0 unspecified atom stereocenters. The van der Waals surface area contributed by atoms with E-state index in [1.54, 1.807) is 24.3 Å². The van der Waals surface area contributed by atoms with Gasteiger partial charge in [0.1, 0.15) is 5.75 Å². The van der Waals surface area contributed by atoms with Gasteiger partial charge in [0, 0.05) is 6.04 Å². The molecule has 1 rings (SSSR count). The van der Waals surface area contributed by atoms with Crippen LogP contribution in [0.2, 0.25) is 0 Å². The lowest BCUT2D eigenvalue weighted by molar-refractivity contribution is -0.123. The maximum Gasteiger partial charge on any atom is 0.258 e. The molecule has 0 aliphatic carbocycles. The van der Waals surface area contributed by atoms with Gasteiger partial charge in [0.25, 0.3) is 5.91 Å². The number of carbonyl (C=O) groups is 2. The van der Waals surface area contributed by atoms with Crippen molar-refractivity contribution in [2.75, 3.05) is 26.2 Å². The summed E-state index contributed by atoms with van der Waals surface area (Å²) in [5.41, 5.74) is 5.97. The van der Waals surface area contributed by atoms with Crippen LogP contribution in [0.4, 0.5) is 0 Å². The molecule has 0 fully saturated rings. The van der Waals surface area contributed by atoms with Crippen LogP contribution in [0.15, 0.2) is 24.3 Å². The van der Waals surface area contributed by atoms with Crippen LogP contribution in [-0.4, -0.2) is 49.0 Å². The molecule has 6 nitrogen and oxygen atoms in total. The summed E-state index contributed by atoms with van der Waals surface area (Å²) in [6.07, 6.45) is 2.21. The fourth-order valence-electron chi connectivity index (χ4n) is 2.60. The standard InChI is InChI=1S/C19H31N3O3/c1-4-22(5-2)12-6-7-15(3)21-19(24)14-25-17-10-8-16(9-11-17)13-18(20)23/h8-11,15H,4-7,12-14H2,1-3H3,(H2,20,23)(H,21,24)/t15-/m1/s1. The average molecular weight is 349 g/mol. The molecule has 0 aliphatic rings. The molecule has 6 heteroatoms.